The molecule has 6 aromatic rings. The molecule has 0 atom stereocenters. The number of nitrogens with zero attached hydrogens (tertiary/aromatic N) is 3. The Morgan fingerprint density at radius 2 is 1.83 bits per heavy atom. The Bertz CT molecular complexity index is 2020. The Kier molecular flexibility index (Phi) is 7.43. The predicted molar refractivity (Wildman–Crippen MR) is 157 cm³/mol. The Labute approximate surface area is 246 Å². The maximum atomic E-state index is 13.2. The number of aromatic amines is 1. The van der Waals surface area contributed by atoms with E-state index in [0.717, 1.165) is 43.6 Å². The van der Waals surface area contributed by atoms with Gasteiger partial charge in [0.1, 0.15) is 10.4 Å². The highest BCUT2D eigenvalue weighted by Gasteiger charge is 2.25. The highest BCUT2D eigenvalue weighted by Crippen LogP contribution is 2.36. The number of carbonyl (C=O) groups excluding carboxylic acids is 1. The molecule has 0 aliphatic heterocycles. The molecule has 0 saturated carbocycles. The number of esters is 1. The Balaban J connectivity index is 1.32. The number of aromatic nitrogens is 4. The van der Waals surface area contributed by atoms with Gasteiger partial charge in [0.05, 0.1) is 12.1 Å². The average molecular weight is 605 g/mol. The van der Waals surface area contributed by atoms with Crippen LogP contribution in [0, 0.1) is 13.8 Å². The van der Waals surface area contributed by atoms with Gasteiger partial charge in [0.25, 0.3) is 0 Å². The van der Waals surface area contributed by atoms with Crippen LogP contribution in [0.15, 0.2) is 76.6 Å². The van der Waals surface area contributed by atoms with E-state index in [1.807, 2.05) is 66.9 Å². The quantitative estimate of drug-likeness (QED) is 0.159. The molecule has 0 aliphatic carbocycles. The zero-order valence-corrected chi connectivity index (χ0v) is 24.4. The molecule has 214 valence electrons. The van der Waals surface area contributed by atoms with Gasteiger partial charge in [-0.25, -0.2) is 19.4 Å². The van der Waals surface area contributed by atoms with Crippen LogP contribution >= 0.6 is 23.1 Å². The van der Waals surface area contributed by atoms with E-state index in [1.165, 1.54) is 11.3 Å². The van der Waals surface area contributed by atoms with Gasteiger partial charge in [-0.05, 0) is 36.3 Å². The number of nitrogens with one attached hydrogen (secondary N) is 1. The highest BCUT2D eigenvalue weighted by atomic mass is 32.2. The second-order valence-electron chi connectivity index (χ2n) is 9.29. The number of thioether (sulfide) groups is 1. The fourth-order valence-corrected chi connectivity index (χ4v) is 6.36. The number of benzene rings is 2. The molecule has 13 heteroatoms. The summed E-state index contributed by atoms with van der Waals surface area (Å²) in [6, 6.07) is 15.7. The fraction of sp³-hybridized carbons (Fsp3) is 0.207. The first-order valence-electron chi connectivity index (χ1n) is 13.0. The van der Waals surface area contributed by atoms with E-state index in [0.29, 0.717) is 22.8 Å². The van der Waals surface area contributed by atoms with Crippen molar-refractivity contribution in [3.8, 4) is 22.5 Å². The first-order valence-corrected chi connectivity index (χ1v) is 14.8. The topological polar surface area (TPSA) is 146 Å². The molecule has 0 bridgehead atoms. The summed E-state index contributed by atoms with van der Waals surface area (Å²) in [6.07, 6.45) is 0. The SMILES string of the molecule is CCSc1nc2c(C)sc(C(=O)OCc3oc(=O)oc3C)c2n1Cc1ccc(-c2ccccc2-c2noc(=O)[nH]2)cc1. The zero-order valence-electron chi connectivity index (χ0n) is 22.8. The van der Waals surface area contributed by atoms with Crippen molar-refractivity contribution in [1.29, 1.82) is 0 Å². The minimum atomic E-state index is -0.838. The zero-order chi connectivity index (χ0) is 29.4. The molecule has 0 fully saturated rings. The number of carbonyl (C=O) groups is 1. The van der Waals surface area contributed by atoms with Crippen LogP contribution in [0.2, 0.25) is 0 Å². The molecule has 4 aromatic heterocycles. The van der Waals surface area contributed by atoms with E-state index in [9.17, 15) is 14.4 Å². The Hall–Kier alpha value is -4.62. The van der Waals surface area contributed by atoms with Gasteiger partial charge in [0.2, 0.25) is 0 Å². The third kappa shape index (κ3) is 5.23. The van der Waals surface area contributed by atoms with E-state index < -0.39 is 17.5 Å². The highest BCUT2D eigenvalue weighted by molar-refractivity contribution is 7.99. The summed E-state index contributed by atoms with van der Waals surface area (Å²) in [5.41, 5.74) is 5.03. The largest absolute Gasteiger partial charge is 0.519 e. The number of thiophene rings is 1. The summed E-state index contributed by atoms with van der Waals surface area (Å²) in [7, 11) is 0. The molecule has 0 aliphatic rings. The van der Waals surface area contributed by atoms with Crippen molar-refractivity contribution in [2.24, 2.45) is 0 Å². The van der Waals surface area contributed by atoms with Crippen molar-refractivity contribution in [2.45, 2.75) is 39.1 Å². The lowest BCUT2D eigenvalue weighted by molar-refractivity contribution is 0.0450. The van der Waals surface area contributed by atoms with Crippen LogP contribution in [0.25, 0.3) is 33.5 Å². The first-order chi connectivity index (χ1) is 20.3. The lowest BCUT2D eigenvalue weighted by Crippen LogP contribution is -2.08. The van der Waals surface area contributed by atoms with E-state index in [4.69, 9.17) is 23.1 Å². The van der Waals surface area contributed by atoms with Crippen molar-refractivity contribution in [2.75, 3.05) is 5.75 Å². The van der Waals surface area contributed by atoms with Crippen molar-refractivity contribution in [3.05, 3.63) is 96.5 Å². The van der Waals surface area contributed by atoms with E-state index >= 15 is 0 Å². The molecule has 0 spiro atoms. The van der Waals surface area contributed by atoms with Crippen LogP contribution in [-0.2, 0) is 17.9 Å². The molecule has 2 aromatic carbocycles. The lowest BCUT2D eigenvalue weighted by atomic mass is 9.98. The smallest absolute Gasteiger partial charge is 0.453 e. The maximum Gasteiger partial charge on any atom is 0.519 e. The van der Waals surface area contributed by atoms with Gasteiger partial charge < -0.3 is 18.1 Å². The number of H-pyrrole nitrogens is 1. The molecule has 0 saturated heterocycles. The van der Waals surface area contributed by atoms with Crippen LogP contribution in [0.3, 0.4) is 0 Å². The lowest BCUT2D eigenvalue weighted by Gasteiger charge is -2.11. The van der Waals surface area contributed by atoms with Crippen molar-refractivity contribution < 1.29 is 22.9 Å². The Morgan fingerprint density at radius 3 is 2.50 bits per heavy atom. The molecular weight excluding hydrogens is 580 g/mol. The van der Waals surface area contributed by atoms with Crippen molar-refractivity contribution >= 4 is 40.1 Å². The van der Waals surface area contributed by atoms with Gasteiger partial charge in [-0.2, -0.15) is 0 Å². The molecule has 1 N–H and O–H groups in total. The van der Waals surface area contributed by atoms with Crippen LogP contribution < -0.4 is 11.6 Å². The number of hydrogen-bond donors (Lipinski definition) is 1. The van der Waals surface area contributed by atoms with Crippen LogP contribution in [-0.4, -0.2) is 31.4 Å². The molecule has 6 rings (SSSR count). The summed E-state index contributed by atoms with van der Waals surface area (Å²) < 4.78 is 22.1. The summed E-state index contributed by atoms with van der Waals surface area (Å²) in [5.74, 6) is -0.377. The number of rotatable bonds is 9. The second kappa shape index (κ2) is 11.3. The van der Waals surface area contributed by atoms with Crippen LogP contribution in [0.5, 0.6) is 0 Å². The van der Waals surface area contributed by atoms with Gasteiger partial charge in [0, 0.05) is 10.4 Å². The number of imidazole rings is 1. The minimum Gasteiger partial charge on any atom is -0.453 e. The summed E-state index contributed by atoms with van der Waals surface area (Å²) in [5, 5.41) is 4.64. The second-order valence-corrected chi connectivity index (χ2v) is 11.7. The predicted octanol–water partition coefficient (Wildman–Crippen LogP) is 5.79. The molecule has 11 nitrogen and oxygen atoms in total. The van der Waals surface area contributed by atoms with E-state index in [1.54, 1.807) is 18.7 Å². The van der Waals surface area contributed by atoms with E-state index in [2.05, 4.69) is 10.1 Å². The summed E-state index contributed by atoms with van der Waals surface area (Å²) in [4.78, 5) is 44.9. The normalized spacial score (nSPS) is 11.4. The molecule has 0 amide bonds. The third-order valence-electron chi connectivity index (χ3n) is 6.59. The van der Waals surface area contributed by atoms with Crippen molar-refractivity contribution in [3.63, 3.8) is 0 Å². The van der Waals surface area contributed by atoms with Crippen molar-refractivity contribution in [1.82, 2.24) is 19.7 Å². The van der Waals surface area contributed by atoms with Crippen LogP contribution in [0.1, 0.15) is 38.6 Å². The molecule has 0 radical (unpaired) electrons. The molecule has 0 unspecified atom stereocenters. The average Bonchev–Trinajstić information content (AvgIpc) is 3.73. The molecule has 4 heterocycles. The van der Waals surface area contributed by atoms with E-state index in [-0.39, 0.29) is 18.1 Å². The molecule has 42 heavy (non-hydrogen) atoms. The number of aryl methyl sites for hydroxylation is 2. The van der Waals surface area contributed by atoms with Gasteiger partial charge in [-0.3, -0.25) is 9.51 Å². The monoisotopic (exact) mass is 604 g/mol. The number of ether oxygens (including phenoxy) is 1. The maximum absolute atomic E-state index is 13.2. The summed E-state index contributed by atoms with van der Waals surface area (Å²) >= 11 is 2.91. The standard InChI is InChI=1S/C29H24N4O7S2/c1-4-41-27-30-22-16(3)42-24(26(34)37-14-21-15(2)38-29(36)39-21)23(22)33(27)13-17-9-11-18(12-10-17)19-7-5-6-8-20(19)25-31-28(35)40-32-25/h5-12H,4,13-14H2,1-3H3,(H,31,32,35). The third-order valence-corrected chi connectivity index (χ3v) is 8.52. The van der Waals surface area contributed by atoms with Crippen LogP contribution in [0.4, 0.5) is 0 Å². The van der Waals surface area contributed by atoms with Gasteiger partial charge in [0.15, 0.2) is 29.1 Å². The number of hydrogen-bond acceptors (Lipinski definition) is 11. The minimum absolute atomic E-state index is 0.171. The number of fused-ring (bicyclic) bond motifs is 1. The van der Waals surface area contributed by atoms with Gasteiger partial charge >= 0.3 is 17.5 Å². The first kappa shape index (κ1) is 27.5. The molecular formula is C29H24N4O7S2. The Morgan fingerprint density at radius 1 is 1.07 bits per heavy atom. The van der Waals surface area contributed by atoms with Gasteiger partial charge in [-0.15, -0.1) is 11.3 Å². The fourth-order valence-electron chi connectivity index (χ4n) is 4.64. The summed E-state index contributed by atoms with van der Waals surface area (Å²) in [6.45, 7) is 5.81. The van der Waals surface area contributed by atoms with Gasteiger partial charge in [-0.1, -0.05) is 72.4 Å².